The predicted molar refractivity (Wildman–Crippen MR) is 85.1 cm³/mol. The van der Waals surface area contributed by atoms with Crippen molar-refractivity contribution in [2.75, 3.05) is 10.8 Å². The molecule has 0 radical (unpaired) electrons. The van der Waals surface area contributed by atoms with Gasteiger partial charge in [-0.3, -0.25) is 4.57 Å². The van der Waals surface area contributed by atoms with Gasteiger partial charge in [-0.15, -0.1) is 10.2 Å². The van der Waals surface area contributed by atoms with Gasteiger partial charge in [-0.2, -0.15) is 0 Å². The van der Waals surface area contributed by atoms with Gasteiger partial charge in [0.1, 0.15) is 0 Å². The molecule has 0 saturated heterocycles. The number of para-hydroxylation sites is 1. The summed E-state index contributed by atoms with van der Waals surface area (Å²) >= 11 is 1.72. The van der Waals surface area contributed by atoms with E-state index in [9.17, 15) is 0 Å². The largest absolute Gasteiger partial charge is 0.344 e. The van der Waals surface area contributed by atoms with Crippen LogP contribution in [0.25, 0.3) is 11.4 Å². The molecule has 0 fully saturated rings. The monoisotopic (exact) mass is 294 g/mol. The summed E-state index contributed by atoms with van der Waals surface area (Å²) in [5.41, 5.74) is 2.33. The fourth-order valence-electron chi connectivity index (χ4n) is 2.47. The minimum Gasteiger partial charge on any atom is -0.344 e. The molecule has 0 atom stereocenters. The van der Waals surface area contributed by atoms with Crippen molar-refractivity contribution in [1.29, 1.82) is 0 Å². The Labute approximate surface area is 127 Å². The first-order chi connectivity index (χ1) is 10.4. The van der Waals surface area contributed by atoms with Crippen molar-refractivity contribution in [1.82, 2.24) is 14.8 Å². The van der Waals surface area contributed by atoms with Crippen molar-refractivity contribution in [3.63, 3.8) is 0 Å². The molecule has 2 aromatic carbocycles. The molecule has 0 spiro atoms. The Hall–Kier alpha value is -2.27. The molecule has 0 amide bonds. The standard InChI is InChI=1S/C16H14N4S/c1-3-7-13(8-4-1)15-17-18-16-20(15)11-19(12-21-16)14-9-5-2-6-10-14/h1-10H,11-12H2. The normalized spacial score (nSPS) is 14.0. The Morgan fingerprint density at radius 3 is 2.33 bits per heavy atom. The maximum Gasteiger partial charge on any atom is 0.194 e. The molecule has 2 heterocycles. The summed E-state index contributed by atoms with van der Waals surface area (Å²) in [4.78, 5) is 2.33. The SMILES string of the molecule is c1ccc(-c2nnc3n2CN(c2ccccc2)CS3)cc1. The van der Waals surface area contributed by atoms with Gasteiger partial charge in [-0.05, 0) is 12.1 Å². The average Bonchev–Trinajstić information content (AvgIpc) is 2.99. The molecule has 0 unspecified atom stereocenters. The van der Waals surface area contributed by atoms with E-state index in [0.29, 0.717) is 0 Å². The highest BCUT2D eigenvalue weighted by Crippen LogP contribution is 2.31. The van der Waals surface area contributed by atoms with Gasteiger partial charge >= 0.3 is 0 Å². The van der Waals surface area contributed by atoms with Crippen molar-refractivity contribution in [2.24, 2.45) is 0 Å². The summed E-state index contributed by atoms with van der Waals surface area (Å²) in [7, 11) is 0. The third kappa shape index (κ3) is 2.29. The lowest BCUT2D eigenvalue weighted by atomic mass is 10.2. The van der Waals surface area contributed by atoms with E-state index in [1.807, 2.05) is 24.3 Å². The zero-order valence-corrected chi connectivity index (χ0v) is 12.2. The highest BCUT2D eigenvalue weighted by atomic mass is 32.2. The van der Waals surface area contributed by atoms with Gasteiger partial charge in [-0.25, -0.2) is 0 Å². The summed E-state index contributed by atoms with van der Waals surface area (Å²) in [6.07, 6.45) is 0. The first-order valence-corrected chi connectivity index (χ1v) is 7.82. The minimum atomic E-state index is 0.781. The van der Waals surface area contributed by atoms with Gasteiger partial charge < -0.3 is 4.90 Å². The van der Waals surface area contributed by atoms with Crippen LogP contribution in [0.1, 0.15) is 0 Å². The van der Waals surface area contributed by atoms with Crippen molar-refractivity contribution in [3.05, 3.63) is 60.7 Å². The van der Waals surface area contributed by atoms with Crippen molar-refractivity contribution in [3.8, 4) is 11.4 Å². The second kappa shape index (κ2) is 5.26. The lowest BCUT2D eigenvalue weighted by Gasteiger charge is -2.29. The number of anilines is 1. The lowest BCUT2D eigenvalue weighted by Crippen LogP contribution is -2.30. The first kappa shape index (κ1) is 12.5. The predicted octanol–water partition coefficient (Wildman–Crippen LogP) is 3.47. The maximum atomic E-state index is 4.36. The third-order valence-electron chi connectivity index (χ3n) is 3.53. The minimum absolute atomic E-state index is 0.781. The van der Waals surface area contributed by atoms with E-state index in [2.05, 4.69) is 56.1 Å². The number of rotatable bonds is 2. The van der Waals surface area contributed by atoms with Crippen molar-refractivity contribution < 1.29 is 0 Å². The molecular formula is C16H14N4S. The molecule has 4 nitrogen and oxygen atoms in total. The van der Waals surface area contributed by atoms with Crippen LogP contribution in [0.4, 0.5) is 5.69 Å². The van der Waals surface area contributed by atoms with Crippen LogP contribution < -0.4 is 4.90 Å². The maximum absolute atomic E-state index is 4.36. The average molecular weight is 294 g/mol. The second-order valence-corrected chi connectivity index (χ2v) is 5.80. The van der Waals surface area contributed by atoms with E-state index in [4.69, 9.17) is 0 Å². The van der Waals surface area contributed by atoms with E-state index < -0.39 is 0 Å². The summed E-state index contributed by atoms with van der Waals surface area (Å²) in [5.74, 6) is 1.83. The van der Waals surface area contributed by atoms with Gasteiger partial charge in [0.05, 0.1) is 12.5 Å². The van der Waals surface area contributed by atoms with Gasteiger partial charge in [-0.1, -0.05) is 60.3 Å². The Kier molecular flexibility index (Phi) is 3.12. The Morgan fingerprint density at radius 1 is 0.857 bits per heavy atom. The van der Waals surface area contributed by atoms with E-state index in [0.717, 1.165) is 29.1 Å². The Balaban J connectivity index is 1.70. The highest BCUT2D eigenvalue weighted by Gasteiger charge is 2.22. The van der Waals surface area contributed by atoms with Crippen LogP contribution in [0.3, 0.4) is 0 Å². The topological polar surface area (TPSA) is 34.0 Å². The lowest BCUT2D eigenvalue weighted by molar-refractivity contribution is 0.608. The van der Waals surface area contributed by atoms with Crippen LogP contribution in [-0.2, 0) is 6.67 Å². The molecule has 0 saturated carbocycles. The van der Waals surface area contributed by atoms with E-state index in [1.54, 1.807) is 11.8 Å². The first-order valence-electron chi connectivity index (χ1n) is 6.83. The van der Waals surface area contributed by atoms with Crippen molar-refractivity contribution >= 4 is 17.4 Å². The fraction of sp³-hybridized carbons (Fsp3) is 0.125. The summed E-state index contributed by atoms with van der Waals surface area (Å²) in [6.45, 7) is 0.781. The number of hydrogen-bond acceptors (Lipinski definition) is 4. The van der Waals surface area contributed by atoms with Crippen molar-refractivity contribution in [2.45, 2.75) is 11.8 Å². The molecule has 1 aliphatic heterocycles. The van der Waals surface area contributed by atoms with Crippen LogP contribution in [0.5, 0.6) is 0 Å². The molecule has 21 heavy (non-hydrogen) atoms. The molecule has 1 aromatic heterocycles. The molecule has 3 aromatic rings. The Bertz CT molecular complexity index is 739. The number of aromatic nitrogens is 3. The van der Waals surface area contributed by atoms with Crippen LogP contribution in [0, 0.1) is 0 Å². The van der Waals surface area contributed by atoms with Crippen LogP contribution in [0.2, 0.25) is 0 Å². The zero-order chi connectivity index (χ0) is 14.1. The quantitative estimate of drug-likeness (QED) is 0.724. The van der Waals surface area contributed by atoms with Gasteiger partial charge in [0.2, 0.25) is 0 Å². The summed E-state index contributed by atoms with van der Waals surface area (Å²) in [6, 6.07) is 20.7. The number of nitrogens with zero attached hydrogens (tertiary/aromatic N) is 4. The van der Waals surface area contributed by atoms with Gasteiger partial charge in [0.15, 0.2) is 11.0 Å². The number of fused-ring (bicyclic) bond motifs is 1. The summed E-state index contributed by atoms with van der Waals surface area (Å²) < 4.78 is 2.18. The van der Waals surface area contributed by atoms with Gasteiger partial charge in [0, 0.05) is 11.3 Å². The van der Waals surface area contributed by atoms with Crippen LogP contribution >= 0.6 is 11.8 Å². The fourth-order valence-corrected chi connectivity index (χ4v) is 3.37. The molecular weight excluding hydrogens is 280 g/mol. The molecule has 104 valence electrons. The smallest absolute Gasteiger partial charge is 0.194 e. The zero-order valence-electron chi connectivity index (χ0n) is 11.4. The number of thioether (sulfide) groups is 1. The Morgan fingerprint density at radius 2 is 1.57 bits per heavy atom. The molecule has 0 bridgehead atoms. The summed E-state index contributed by atoms with van der Waals surface area (Å²) in [5, 5.41) is 9.66. The second-order valence-electron chi connectivity index (χ2n) is 4.89. The van der Waals surface area contributed by atoms with Crippen LogP contribution in [0.15, 0.2) is 65.8 Å². The number of benzene rings is 2. The third-order valence-corrected chi connectivity index (χ3v) is 4.53. The van der Waals surface area contributed by atoms with Gasteiger partial charge in [0.25, 0.3) is 0 Å². The van der Waals surface area contributed by atoms with E-state index in [-0.39, 0.29) is 0 Å². The van der Waals surface area contributed by atoms with Crippen LogP contribution in [-0.4, -0.2) is 20.6 Å². The molecule has 5 heteroatoms. The molecule has 0 aliphatic carbocycles. The highest BCUT2D eigenvalue weighted by molar-refractivity contribution is 7.99. The number of hydrogen-bond donors (Lipinski definition) is 0. The molecule has 4 rings (SSSR count). The van der Waals surface area contributed by atoms with E-state index in [1.165, 1.54) is 5.69 Å². The molecule has 1 aliphatic rings. The van der Waals surface area contributed by atoms with E-state index >= 15 is 0 Å². The molecule has 0 N–H and O–H groups in total.